The quantitative estimate of drug-likeness (QED) is 0.717. The number of hydrogen-bond acceptors (Lipinski definition) is 5. The van der Waals surface area contributed by atoms with Gasteiger partial charge in [0.15, 0.2) is 0 Å². The van der Waals surface area contributed by atoms with Crippen molar-refractivity contribution in [3.05, 3.63) is 16.1 Å². The molecule has 0 spiro atoms. The Hall–Kier alpha value is -1.68. The van der Waals surface area contributed by atoms with Crippen LogP contribution in [0.5, 0.6) is 0 Å². The molecule has 0 aromatic carbocycles. The fraction of sp³-hybridized carbons (Fsp3) is 0.615. The fourth-order valence-corrected chi connectivity index (χ4v) is 2.60. The average Bonchev–Trinajstić information content (AvgIpc) is 2.81. The molecule has 6 nitrogen and oxygen atoms in total. The van der Waals surface area contributed by atoms with Crippen molar-refractivity contribution >= 4 is 23.2 Å². The first-order chi connectivity index (χ1) is 10.5. The molecule has 1 heterocycles. The highest BCUT2D eigenvalue weighted by Crippen LogP contribution is 2.42. The van der Waals surface area contributed by atoms with Crippen LogP contribution >= 0.6 is 11.3 Å². The lowest BCUT2D eigenvalue weighted by Gasteiger charge is -2.27. The van der Waals surface area contributed by atoms with E-state index in [2.05, 4.69) is 15.6 Å². The van der Waals surface area contributed by atoms with E-state index in [1.165, 1.54) is 12.3 Å². The van der Waals surface area contributed by atoms with Crippen LogP contribution in [0.15, 0.2) is 5.38 Å². The van der Waals surface area contributed by atoms with Gasteiger partial charge in [0.1, 0.15) is 5.01 Å². The van der Waals surface area contributed by atoms with Crippen molar-refractivity contribution in [2.75, 3.05) is 6.54 Å². The monoisotopic (exact) mass is 353 g/mol. The van der Waals surface area contributed by atoms with Crippen molar-refractivity contribution < 1.29 is 27.9 Å². The van der Waals surface area contributed by atoms with Crippen LogP contribution in [0.4, 0.5) is 13.2 Å². The summed E-state index contributed by atoms with van der Waals surface area (Å²) < 4.78 is 39.6. The minimum absolute atomic E-state index is 0.162. The largest absolute Gasteiger partial charge is 0.424 e. The molecule has 10 heteroatoms. The highest BCUT2D eigenvalue weighted by atomic mass is 32.1. The molecule has 1 atom stereocenters. The maximum absolute atomic E-state index is 13.2. The van der Waals surface area contributed by atoms with E-state index in [0.717, 1.165) is 0 Å². The molecule has 0 saturated heterocycles. The van der Waals surface area contributed by atoms with Crippen LogP contribution in [0, 0.1) is 6.92 Å². The first-order valence-corrected chi connectivity index (χ1v) is 7.61. The molecule has 0 aliphatic rings. The molecular weight excluding hydrogens is 335 g/mol. The molecule has 3 N–H and O–H groups in total. The Morgan fingerprint density at radius 3 is 2.39 bits per heavy atom. The fourth-order valence-electron chi connectivity index (χ4n) is 1.69. The van der Waals surface area contributed by atoms with Crippen molar-refractivity contribution in [2.24, 2.45) is 0 Å². The third-order valence-electron chi connectivity index (χ3n) is 2.75. The number of hydrogen-bond donors (Lipinski definition) is 3. The highest BCUT2D eigenvalue weighted by Gasteiger charge is 2.58. The number of carbonyl (C=O) groups is 2. The molecule has 0 fully saturated rings. The molecule has 1 rings (SSSR count). The molecule has 2 amide bonds. The topological polar surface area (TPSA) is 91.3 Å². The summed E-state index contributed by atoms with van der Waals surface area (Å²) in [5, 5.41) is 15.3. The van der Waals surface area contributed by atoms with Crippen molar-refractivity contribution in [3.8, 4) is 0 Å². The second kappa shape index (κ2) is 7.26. The molecule has 130 valence electrons. The summed E-state index contributed by atoms with van der Waals surface area (Å²) in [7, 11) is 0. The molecule has 0 aliphatic heterocycles. The van der Waals surface area contributed by atoms with E-state index in [1.807, 2.05) is 0 Å². The Bertz CT molecular complexity index is 574. The maximum atomic E-state index is 13.2. The number of rotatable bonds is 6. The third kappa shape index (κ3) is 5.17. The minimum atomic E-state index is -5.07. The average molecular weight is 353 g/mol. The summed E-state index contributed by atoms with van der Waals surface area (Å²) in [6, 6.07) is -0.162. The molecule has 23 heavy (non-hydrogen) atoms. The number of carbonyl (C=O) groups excluding carboxylic acids is 2. The SMILES string of the molecule is Cc1csc([C@](O)(CC(=O)NCC(=O)NC(C)C)C(F)(F)F)n1. The highest BCUT2D eigenvalue weighted by molar-refractivity contribution is 7.09. The van der Waals surface area contributed by atoms with Crippen LogP contribution < -0.4 is 10.6 Å². The van der Waals surface area contributed by atoms with Gasteiger partial charge in [-0.05, 0) is 20.8 Å². The summed E-state index contributed by atoms with van der Waals surface area (Å²) in [5.41, 5.74) is -3.07. The third-order valence-corrected chi connectivity index (χ3v) is 3.87. The van der Waals surface area contributed by atoms with Crippen LogP contribution in [0.1, 0.15) is 31.0 Å². The van der Waals surface area contributed by atoms with E-state index in [4.69, 9.17) is 0 Å². The van der Waals surface area contributed by atoms with Crippen LogP contribution in [0.3, 0.4) is 0 Å². The van der Waals surface area contributed by atoms with E-state index >= 15 is 0 Å². The Morgan fingerprint density at radius 2 is 1.96 bits per heavy atom. The first-order valence-electron chi connectivity index (χ1n) is 6.73. The molecule has 0 bridgehead atoms. The van der Waals surface area contributed by atoms with Crippen LogP contribution in [-0.4, -0.2) is 40.7 Å². The second-order valence-electron chi connectivity index (χ2n) is 5.33. The number of halogens is 3. The second-order valence-corrected chi connectivity index (χ2v) is 6.19. The van der Waals surface area contributed by atoms with Gasteiger partial charge in [-0.3, -0.25) is 9.59 Å². The van der Waals surface area contributed by atoms with Crippen LogP contribution in [-0.2, 0) is 15.2 Å². The summed E-state index contributed by atoms with van der Waals surface area (Å²) in [6.07, 6.45) is -6.34. The van der Waals surface area contributed by atoms with Crippen molar-refractivity contribution in [1.82, 2.24) is 15.6 Å². The normalized spacial score (nSPS) is 14.4. The number of nitrogens with one attached hydrogen (secondary N) is 2. The van der Waals surface area contributed by atoms with E-state index in [-0.39, 0.29) is 6.04 Å². The van der Waals surface area contributed by atoms with Gasteiger partial charge in [0.25, 0.3) is 0 Å². The van der Waals surface area contributed by atoms with E-state index in [9.17, 15) is 27.9 Å². The van der Waals surface area contributed by atoms with E-state index in [0.29, 0.717) is 17.0 Å². The zero-order valence-corrected chi connectivity index (χ0v) is 13.6. The summed E-state index contributed by atoms with van der Waals surface area (Å²) in [5.74, 6) is -1.63. The molecule has 0 unspecified atom stereocenters. The van der Waals surface area contributed by atoms with E-state index < -0.39 is 41.6 Å². The van der Waals surface area contributed by atoms with Gasteiger partial charge in [-0.25, -0.2) is 4.98 Å². The van der Waals surface area contributed by atoms with Crippen LogP contribution in [0.2, 0.25) is 0 Å². The number of aromatic nitrogens is 1. The van der Waals surface area contributed by atoms with Gasteiger partial charge < -0.3 is 15.7 Å². The minimum Gasteiger partial charge on any atom is -0.374 e. The number of alkyl halides is 3. The lowest BCUT2D eigenvalue weighted by molar-refractivity contribution is -0.267. The Balaban J connectivity index is 2.79. The smallest absolute Gasteiger partial charge is 0.374 e. The number of amides is 2. The molecule has 1 aromatic heterocycles. The van der Waals surface area contributed by atoms with Crippen molar-refractivity contribution in [1.29, 1.82) is 0 Å². The van der Waals surface area contributed by atoms with Gasteiger partial charge in [-0.15, -0.1) is 11.3 Å². The Morgan fingerprint density at radius 1 is 1.35 bits per heavy atom. The molecular formula is C13H18F3N3O3S. The van der Waals surface area contributed by atoms with Gasteiger partial charge >= 0.3 is 6.18 Å². The summed E-state index contributed by atoms with van der Waals surface area (Å²) >= 11 is 0.618. The lowest BCUT2D eigenvalue weighted by Crippen LogP contribution is -2.47. The molecule has 1 aromatic rings. The standard InChI is InChI=1S/C13H18F3N3O3S/c1-7(2)18-10(21)5-17-9(20)4-12(22,13(14,15)16)11-19-8(3)6-23-11/h6-7,22H,4-5H2,1-3H3,(H,17,20)(H,18,21)/t12-/m1/s1. The Labute approximate surface area is 135 Å². The molecule has 0 saturated carbocycles. The predicted molar refractivity (Wildman–Crippen MR) is 77.7 cm³/mol. The lowest BCUT2D eigenvalue weighted by atomic mass is 9.99. The van der Waals surface area contributed by atoms with Gasteiger partial charge in [0, 0.05) is 17.1 Å². The summed E-state index contributed by atoms with van der Waals surface area (Å²) in [6.45, 7) is 4.41. The first kappa shape index (κ1) is 19.4. The Kier molecular flexibility index (Phi) is 6.11. The van der Waals surface area contributed by atoms with Crippen LogP contribution in [0.25, 0.3) is 0 Å². The van der Waals surface area contributed by atoms with Crippen molar-refractivity contribution in [2.45, 2.75) is 45.0 Å². The number of aryl methyl sites for hydroxylation is 1. The number of aliphatic hydroxyl groups is 1. The number of nitrogens with zero attached hydrogens (tertiary/aromatic N) is 1. The maximum Gasteiger partial charge on any atom is 0.424 e. The summed E-state index contributed by atoms with van der Waals surface area (Å²) in [4.78, 5) is 26.7. The molecule has 0 aliphatic carbocycles. The zero-order chi connectivity index (χ0) is 17.8. The number of thiazole rings is 1. The van der Waals surface area contributed by atoms with Gasteiger partial charge in [-0.1, -0.05) is 0 Å². The van der Waals surface area contributed by atoms with Gasteiger partial charge in [-0.2, -0.15) is 13.2 Å². The van der Waals surface area contributed by atoms with E-state index in [1.54, 1.807) is 13.8 Å². The van der Waals surface area contributed by atoms with Gasteiger partial charge in [0.05, 0.1) is 13.0 Å². The van der Waals surface area contributed by atoms with Crippen molar-refractivity contribution in [3.63, 3.8) is 0 Å². The predicted octanol–water partition coefficient (Wildman–Crippen LogP) is 1.23. The molecule has 0 radical (unpaired) electrons. The van der Waals surface area contributed by atoms with Gasteiger partial charge in [0.2, 0.25) is 17.4 Å². The zero-order valence-electron chi connectivity index (χ0n) is 12.8.